The molecule has 2 aromatic carbocycles. The van der Waals surface area contributed by atoms with Gasteiger partial charge in [0.25, 0.3) is 0 Å². The van der Waals surface area contributed by atoms with E-state index in [9.17, 15) is 9.59 Å². The molecule has 0 aliphatic carbocycles. The third-order valence-electron chi connectivity index (χ3n) is 4.57. The summed E-state index contributed by atoms with van der Waals surface area (Å²) in [4.78, 5) is 24.5. The van der Waals surface area contributed by atoms with Crippen molar-refractivity contribution < 1.29 is 23.8 Å². The topological polar surface area (TPSA) is 73.9 Å². The summed E-state index contributed by atoms with van der Waals surface area (Å²) >= 11 is 0. The van der Waals surface area contributed by atoms with Gasteiger partial charge in [0.1, 0.15) is 0 Å². The van der Waals surface area contributed by atoms with E-state index in [2.05, 4.69) is 5.32 Å². The van der Waals surface area contributed by atoms with Gasteiger partial charge in [-0.05, 0) is 43.0 Å². The Hall–Kier alpha value is -3.02. The van der Waals surface area contributed by atoms with Crippen LogP contribution in [0.5, 0.6) is 11.5 Å². The standard InChI is InChI=1S/C22H25NO5/c1-2-26-22(25)18(12-16-6-4-3-5-7-16)14-23-21(24)11-9-17-8-10-19-20(13-17)28-15-27-19/h3-8,10,13,18H,2,9,11-12,14-15H2,1H3,(H,23,24). The van der Waals surface area contributed by atoms with Crippen LogP contribution in [0.3, 0.4) is 0 Å². The van der Waals surface area contributed by atoms with Crippen molar-refractivity contribution in [2.45, 2.75) is 26.2 Å². The van der Waals surface area contributed by atoms with Crippen LogP contribution in [0.1, 0.15) is 24.5 Å². The van der Waals surface area contributed by atoms with Gasteiger partial charge in [-0.15, -0.1) is 0 Å². The minimum atomic E-state index is -0.406. The molecule has 0 spiro atoms. The summed E-state index contributed by atoms with van der Waals surface area (Å²) in [5.74, 6) is 0.647. The summed E-state index contributed by atoms with van der Waals surface area (Å²) in [7, 11) is 0. The first-order valence-corrected chi connectivity index (χ1v) is 9.51. The molecule has 1 unspecified atom stereocenters. The zero-order valence-electron chi connectivity index (χ0n) is 16.0. The summed E-state index contributed by atoms with van der Waals surface area (Å²) in [5, 5.41) is 2.87. The van der Waals surface area contributed by atoms with Gasteiger partial charge in [-0.25, -0.2) is 0 Å². The highest BCUT2D eigenvalue weighted by atomic mass is 16.7. The average molecular weight is 383 g/mol. The Bertz CT molecular complexity index is 806. The summed E-state index contributed by atoms with van der Waals surface area (Å²) < 4.78 is 15.8. The molecular weight excluding hydrogens is 358 g/mol. The number of ether oxygens (including phenoxy) is 3. The lowest BCUT2D eigenvalue weighted by Gasteiger charge is -2.16. The molecule has 148 valence electrons. The predicted molar refractivity (Wildman–Crippen MR) is 104 cm³/mol. The Morgan fingerprint density at radius 3 is 2.64 bits per heavy atom. The highest BCUT2D eigenvalue weighted by Crippen LogP contribution is 2.32. The van der Waals surface area contributed by atoms with Crippen LogP contribution < -0.4 is 14.8 Å². The van der Waals surface area contributed by atoms with Gasteiger partial charge in [0.05, 0.1) is 12.5 Å². The lowest BCUT2D eigenvalue weighted by molar-refractivity contribution is -0.147. The van der Waals surface area contributed by atoms with Gasteiger partial charge in [-0.3, -0.25) is 9.59 Å². The molecule has 1 atom stereocenters. The second kappa shape index (κ2) is 9.78. The maximum absolute atomic E-state index is 12.3. The molecule has 0 fully saturated rings. The molecule has 1 N–H and O–H groups in total. The van der Waals surface area contributed by atoms with E-state index in [1.165, 1.54) is 0 Å². The first kappa shape index (κ1) is 19.7. The number of aryl methyl sites for hydroxylation is 1. The van der Waals surface area contributed by atoms with E-state index in [-0.39, 0.29) is 25.2 Å². The lowest BCUT2D eigenvalue weighted by atomic mass is 9.99. The molecule has 28 heavy (non-hydrogen) atoms. The van der Waals surface area contributed by atoms with Crippen LogP contribution in [-0.4, -0.2) is 31.8 Å². The number of fused-ring (bicyclic) bond motifs is 1. The largest absolute Gasteiger partial charge is 0.466 e. The maximum atomic E-state index is 12.3. The second-order valence-electron chi connectivity index (χ2n) is 6.63. The van der Waals surface area contributed by atoms with Crippen LogP contribution in [0.4, 0.5) is 0 Å². The van der Waals surface area contributed by atoms with Crippen molar-refractivity contribution in [3.63, 3.8) is 0 Å². The van der Waals surface area contributed by atoms with Crippen LogP contribution in [0.15, 0.2) is 48.5 Å². The molecule has 0 saturated carbocycles. The zero-order valence-corrected chi connectivity index (χ0v) is 16.0. The third-order valence-corrected chi connectivity index (χ3v) is 4.57. The van der Waals surface area contributed by atoms with Gasteiger partial charge in [0.15, 0.2) is 11.5 Å². The van der Waals surface area contributed by atoms with Crippen molar-refractivity contribution in [2.75, 3.05) is 19.9 Å². The van der Waals surface area contributed by atoms with Crippen LogP contribution in [0, 0.1) is 5.92 Å². The number of amides is 1. The molecule has 6 heteroatoms. The number of esters is 1. The highest BCUT2D eigenvalue weighted by Gasteiger charge is 2.21. The molecule has 1 aliphatic heterocycles. The number of carbonyl (C=O) groups is 2. The number of hydrogen-bond donors (Lipinski definition) is 1. The van der Waals surface area contributed by atoms with Crippen LogP contribution in [0.25, 0.3) is 0 Å². The van der Waals surface area contributed by atoms with E-state index in [1.54, 1.807) is 6.92 Å². The molecular formula is C22H25NO5. The molecule has 0 aromatic heterocycles. The van der Waals surface area contributed by atoms with E-state index in [0.717, 1.165) is 16.9 Å². The number of benzene rings is 2. The van der Waals surface area contributed by atoms with Crippen molar-refractivity contribution >= 4 is 11.9 Å². The number of nitrogens with one attached hydrogen (secondary N) is 1. The zero-order chi connectivity index (χ0) is 19.8. The van der Waals surface area contributed by atoms with E-state index < -0.39 is 5.92 Å². The third kappa shape index (κ3) is 5.49. The minimum Gasteiger partial charge on any atom is -0.466 e. The Morgan fingerprint density at radius 2 is 1.86 bits per heavy atom. The highest BCUT2D eigenvalue weighted by molar-refractivity contribution is 5.78. The monoisotopic (exact) mass is 383 g/mol. The average Bonchev–Trinajstić information content (AvgIpc) is 3.18. The Labute approximate surface area is 164 Å². The van der Waals surface area contributed by atoms with Gasteiger partial charge in [0, 0.05) is 13.0 Å². The summed E-state index contributed by atoms with van der Waals surface area (Å²) in [6, 6.07) is 15.4. The van der Waals surface area contributed by atoms with Crippen molar-refractivity contribution in [1.29, 1.82) is 0 Å². The normalized spacial score (nSPS) is 13.0. The fourth-order valence-corrected chi connectivity index (χ4v) is 3.08. The quantitative estimate of drug-likeness (QED) is 0.674. The first-order chi connectivity index (χ1) is 13.7. The SMILES string of the molecule is CCOC(=O)C(CNC(=O)CCc1ccc2c(c1)OCO2)Cc1ccccc1. The molecule has 0 radical (unpaired) electrons. The van der Waals surface area contributed by atoms with Gasteiger partial charge in [-0.1, -0.05) is 36.4 Å². The molecule has 0 saturated heterocycles. The van der Waals surface area contributed by atoms with Crippen molar-refractivity contribution in [3.05, 3.63) is 59.7 Å². The second-order valence-corrected chi connectivity index (χ2v) is 6.63. The number of rotatable bonds is 9. The van der Waals surface area contributed by atoms with E-state index >= 15 is 0 Å². The Kier molecular flexibility index (Phi) is 6.89. The number of hydrogen-bond acceptors (Lipinski definition) is 5. The molecule has 3 rings (SSSR count). The van der Waals surface area contributed by atoms with Crippen molar-refractivity contribution in [1.82, 2.24) is 5.32 Å². The van der Waals surface area contributed by atoms with Gasteiger partial charge in [0.2, 0.25) is 12.7 Å². The van der Waals surface area contributed by atoms with E-state index in [1.807, 2.05) is 48.5 Å². The Balaban J connectivity index is 1.50. The van der Waals surface area contributed by atoms with E-state index in [0.29, 0.717) is 31.6 Å². The first-order valence-electron chi connectivity index (χ1n) is 9.51. The van der Waals surface area contributed by atoms with Crippen LogP contribution in [0.2, 0.25) is 0 Å². The fraction of sp³-hybridized carbons (Fsp3) is 0.364. The summed E-state index contributed by atoms with van der Waals surface area (Å²) in [6.45, 7) is 2.59. The number of carbonyl (C=O) groups excluding carboxylic acids is 2. The maximum Gasteiger partial charge on any atom is 0.311 e. The lowest BCUT2D eigenvalue weighted by Crippen LogP contribution is -2.35. The fourth-order valence-electron chi connectivity index (χ4n) is 3.08. The Morgan fingerprint density at radius 1 is 1.07 bits per heavy atom. The van der Waals surface area contributed by atoms with Gasteiger partial charge in [-0.2, -0.15) is 0 Å². The predicted octanol–water partition coefficient (Wildman–Crippen LogP) is 2.89. The smallest absolute Gasteiger partial charge is 0.311 e. The summed E-state index contributed by atoms with van der Waals surface area (Å²) in [5.41, 5.74) is 2.04. The molecule has 0 bridgehead atoms. The molecule has 1 amide bonds. The van der Waals surface area contributed by atoms with Crippen LogP contribution in [-0.2, 0) is 27.2 Å². The van der Waals surface area contributed by atoms with Gasteiger partial charge >= 0.3 is 5.97 Å². The van der Waals surface area contributed by atoms with Gasteiger partial charge < -0.3 is 19.5 Å². The molecule has 1 aliphatic rings. The molecule has 6 nitrogen and oxygen atoms in total. The molecule has 2 aromatic rings. The van der Waals surface area contributed by atoms with Crippen molar-refractivity contribution in [2.24, 2.45) is 5.92 Å². The molecule has 1 heterocycles. The van der Waals surface area contributed by atoms with Crippen LogP contribution >= 0.6 is 0 Å². The van der Waals surface area contributed by atoms with Crippen molar-refractivity contribution in [3.8, 4) is 11.5 Å². The summed E-state index contributed by atoms with van der Waals surface area (Å²) in [6.07, 6.45) is 1.45. The van der Waals surface area contributed by atoms with E-state index in [4.69, 9.17) is 14.2 Å². The minimum absolute atomic E-state index is 0.0972.